The molecular weight excluding hydrogens is 557 g/mol. The molecule has 0 aliphatic heterocycles. The molecule has 3 aromatic heterocycles. The fourth-order valence-corrected chi connectivity index (χ4v) is 7.58. The van der Waals surface area contributed by atoms with Gasteiger partial charge in [0.2, 0.25) is 0 Å². The third-order valence-corrected chi connectivity index (χ3v) is 9.54. The molecule has 0 radical (unpaired) electrons. The van der Waals surface area contributed by atoms with Gasteiger partial charge in [-0.3, -0.25) is 0 Å². The molecule has 6 aromatic carbocycles. The van der Waals surface area contributed by atoms with E-state index in [2.05, 4.69) is 89.5 Å². The Morgan fingerprint density at radius 1 is 0.386 bits per heavy atom. The summed E-state index contributed by atoms with van der Waals surface area (Å²) in [6.07, 6.45) is 0. The summed E-state index contributed by atoms with van der Waals surface area (Å²) in [5, 5.41) is 4.95. The van der Waals surface area contributed by atoms with E-state index in [9.17, 15) is 0 Å². The first-order valence-electron chi connectivity index (χ1n) is 14.6. The van der Waals surface area contributed by atoms with Gasteiger partial charge in [-0.25, -0.2) is 15.0 Å². The number of thiophene rings is 1. The third-order valence-electron chi connectivity index (χ3n) is 8.26. The predicted octanol–water partition coefficient (Wildman–Crippen LogP) is 10.3. The third kappa shape index (κ3) is 3.87. The highest BCUT2D eigenvalue weighted by molar-refractivity contribution is 7.26. The number of hydrogen-bond acceptors (Lipinski definition) is 4. The van der Waals surface area contributed by atoms with Gasteiger partial charge in [-0.1, -0.05) is 121 Å². The van der Waals surface area contributed by atoms with Gasteiger partial charge >= 0.3 is 0 Å². The first kappa shape index (κ1) is 24.9. The monoisotopic (exact) mass is 580 g/mol. The summed E-state index contributed by atoms with van der Waals surface area (Å²) >= 11 is 1.81. The number of hydrogen-bond donors (Lipinski definition) is 0. The molecule has 0 unspecified atom stereocenters. The van der Waals surface area contributed by atoms with E-state index in [0.717, 1.165) is 16.7 Å². The van der Waals surface area contributed by atoms with E-state index in [1.807, 2.05) is 72.0 Å². The quantitative estimate of drug-likeness (QED) is 0.208. The molecule has 0 spiro atoms. The molecule has 0 saturated heterocycles. The fraction of sp³-hybridized carbons (Fsp3) is 0. The lowest BCUT2D eigenvalue weighted by atomic mass is 10.1. The number of nitrogens with zero attached hydrogens (tertiary/aromatic N) is 4. The van der Waals surface area contributed by atoms with Gasteiger partial charge in [-0.15, -0.1) is 11.3 Å². The summed E-state index contributed by atoms with van der Waals surface area (Å²) in [4.78, 5) is 15.0. The minimum absolute atomic E-state index is 0.665. The van der Waals surface area contributed by atoms with Crippen LogP contribution in [-0.2, 0) is 0 Å². The largest absolute Gasteiger partial charge is 0.308 e. The van der Waals surface area contributed by atoms with Crippen LogP contribution in [0.3, 0.4) is 0 Å². The Balaban J connectivity index is 1.32. The van der Waals surface area contributed by atoms with E-state index in [-0.39, 0.29) is 0 Å². The molecule has 4 nitrogen and oxygen atoms in total. The van der Waals surface area contributed by atoms with E-state index in [1.165, 1.54) is 47.7 Å². The van der Waals surface area contributed by atoms with Gasteiger partial charge in [-0.05, 0) is 24.3 Å². The Kier molecular flexibility index (Phi) is 5.64. The van der Waals surface area contributed by atoms with Gasteiger partial charge in [0, 0.05) is 42.9 Å². The molecule has 9 aromatic rings. The lowest BCUT2D eigenvalue weighted by Gasteiger charge is -2.09. The van der Waals surface area contributed by atoms with Crippen LogP contribution in [0.1, 0.15) is 0 Å². The van der Waals surface area contributed by atoms with Crippen molar-refractivity contribution >= 4 is 53.3 Å². The highest BCUT2D eigenvalue weighted by atomic mass is 32.1. The zero-order valence-electron chi connectivity index (χ0n) is 23.6. The molecule has 0 amide bonds. The molecule has 0 atom stereocenters. The Bertz CT molecular complexity index is 2380. The first-order chi connectivity index (χ1) is 21.8. The van der Waals surface area contributed by atoms with Gasteiger partial charge in [0.1, 0.15) is 0 Å². The summed E-state index contributed by atoms with van der Waals surface area (Å²) < 4.78 is 4.81. The van der Waals surface area contributed by atoms with Crippen LogP contribution in [0.5, 0.6) is 0 Å². The topological polar surface area (TPSA) is 43.6 Å². The second-order valence-electron chi connectivity index (χ2n) is 10.8. The van der Waals surface area contributed by atoms with Crippen molar-refractivity contribution < 1.29 is 0 Å². The Labute approximate surface area is 257 Å². The molecule has 0 saturated carbocycles. The normalized spacial score (nSPS) is 11.6. The number of rotatable bonds is 4. The summed E-state index contributed by atoms with van der Waals surface area (Å²) in [5.41, 5.74) is 6.52. The average molecular weight is 581 g/mol. The summed E-state index contributed by atoms with van der Waals surface area (Å²) in [7, 11) is 0. The molecule has 5 heteroatoms. The molecule has 0 fully saturated rings. The second-order valence-corrected chi connectivity index (χ2v) is 11.9. The molecule has 0 aliphatic rings. The average Bonchev–Trinajstić information content (AvgIpc) is 3.65. The van der Waals surface area contributed by atoms with Gasteiger partial charge in [0.25, 0.3) is 0 Å². The lowest BCUT2D eigenvalue weighted by Crippen LogP contribution is -2.00. The van der Waals surface area contributed by atoms with E-state index < -0.39 is 0 Å². The Hall–Kier alpha value is -5.65. The highest BCUT2D eigenvalue weighted by Gasteiger charge is 2.19. The summed E-state index contributed by atoms with van der Waals surface area (Å²) in [5.74, 6) is 2.00. The molecule has 44 heavy (non-hydrogen) atoms. The maximum absolute atomic E-state index is 5.05. The summed E-state index contributed by atoms with van der Waals surface area (Å²) in [6, 6.07) is 50.7. The smallest absolute Gasteiger partial charge is 0.165 e. The van der Waals surface area contributed by atoms with E-state index in [0.29, 0.717) is 17.5 Å². The zero-order valence-corrected chi connectivity index (χ0v) is 24.4. The fourth-order valence-electron chi connectivity index (χ4n) is 6.27. The van der Waals surface area contributed by atoms with Gasteiger partial charge in [-0.2, -0.15) is 0 Å². The van der Waals surface area contributed by atoms with Crippen molar-refractivity contribution in [1.82, 2.24) is 19.5 Å². The molecule has 0 aliphatic carbocycles. The van der Waals surface area contributed by atoms with E-state index >= 15 is 0 Å². The minimum atomic E-state index is 0.665. The number of aromatic nitrogens is 4. The molecule has 9 rings (SSSR count). The second kappa shape index (κ2) is 9.97. The zero-order chi connectivity index (χ0) is 29.0. The van der Waals surface area contributed by atoms with Crippen LogP contribution in [0.25, 0.3) is 81.8 Å². The standard InChI is InChI=1S/C39H24N4S/c1-3-13-25(14-4-1)37-40-38(26-15-5-2-6-16-26)42-39(41-37)31-21-11-19-29-30-20-12-24-34(36(30)44-35(29)31)43-32-22-9-7-17-27(32)28-18-8-10-23-33(28)43/h1-24H. The SMILES string of the molecule is c1ccc(-c2nc(-c3ccccc3)nc(-c3cccc4c3sc3c(-n5c6ccccc6c6ccccc65)cccc34)n2)cc1. The van der Waals surface area contributed by atoms with Crippen molar-refractivity contribution in [3.8, 4) is 39.9 Å². The van der Waals surface area contributed by atoms with Crippen molar-refractivity contribution in [2.75, 3.05) is 0 Å². The molecule has 3 heterocycles. The van der Waals surface area contributed by atoms with E-state index in [4.69, 9.17) is 15.0 Å². The minimum Gasteiger partial charge on any atom is -0.308 e. The maximum atomic E-state index is 5.05. The van der Waals surface area contributed by atoms with Crippen molar-refractivity contribution in [2.45, 2.75) is 0 Å². The number of para-hydroxylation sites is 2. The molecule has 0 N–H and O–H groups in total. The van der Waals surface area contributed by atoms with E-state index in [1.54, 1.807) is 0 Å². The van der Waals surface area contributed by atoms with Crippen LogP contribution in [0, 0.1) is 0 Å². The van der Waals surface area contributed by atoms with Crippen LogP contribution in [0.2, 0.25) is 0 Å². The number of fused-ring (bicyclic) bond motifs is 6. The van der Waals surface area contributed by atoms with Crippen molar-refractivity contribution in [2.24, 2.45) is 0 Å². The van der Waals surface area contributed by atoms with Crippen LogP contribution in [-0.4, -0.2) is 19.5 Å². The van der Waals surface area contributed by atoms with Gasteiger partial charge in [0.05, 0.1) is 21.4 Å². The van der Waals surface area contributed by atoms with Crippen LogP contribution >= 0.6 is 11.3 Å². The van der Waals surface area contributed by atoms with Crippen molar-refractivity contribution in [3.63, 3.8) is 0 Å². The summed E-state index contributed by atoms with van der Waals surface area (Å²) in [6.45, 7) is 0. The molecule has 206 valence electrons. The van der Waals surface area contributed by atoms with Gasteiger partial charge < -0.3 is 4.57 Å². The molecular formula is C39H24N4S. The molecule has 0 bridgehead atoms. The maximum Gasteiger partial charge on any atom is 0.165 e. The van der Waals surface area contributed by atoms with Crippen molar-refractivity contribution in [3.05, 3.63) is 146 Å². The Morgan fingerprint density at radius 2 is 0.864 bits per heavy atom. The highest BCUT2D eigenvalue weighted by Crippen LogP contribution is 2.43. The Morgan fingerprint density at radius 3 is 1.48 bits per heavy atom. The van der Waals surface area contributed by atoms with Gasteiger partial charge in [0.15, 0.2) is 17.5 Å². The lowest BCUT2D eigenvalue weighted by molar-refractivity contribution is 1.08. The van der Waals surface area contributed by atoms with Crippen molar-refractivity contribution in [1.29, 1.82) is 0 Å². The van der Waals surface area contributed by atoms with Crippen LogP contribution < -0.4 is 0 Å². The number of benzene rings is 6. The predicted molar refractivity (Wildman–Crippen MR) is 183 cm³/mol. The van der Waals surface area contributed by atoms with Crippen LogP contribution in [0.4, 0.5) is 0 Å². The van der Waals surface area contributed by atoms with Crippen LogP contribution in [0.15, 0.2) is 146 Å². The first-order valence-corrected chi connectivity index (χ1v) is 15.5.